The van der Waals surface area contributed by atoms with Crippen molar-refractivity contribution in [3.05, 3.63) is 35.4 Å². The molecule has 4 heteroatoms. The van der Waals surface area contributed by atoms with Crippen LogP contribution in [-0.4, -0.2) is 28.8 Å². The maximum absolute atomic E-state index is 12.8. The number of aryl methyl sites for hydroxylation is 2. The molecule has 1 aliphatic heterocycles. The number of pyridine rings is 2. The molecule has 3 atom stereocenters. The molecule has 2 fully saturated rings. The van der Waals surface area contributed by atoms with E-state index in [2.05, 4.69) is 30.2 Å². The van der Waals surface area contributed by atoms with Gasteiger partial charge in [-0.25, -0.2) is 0 Å². The van der Waals surface area contributed by atoms with Crippen LogP contribution in [0.1, 0.15) is 37.4 Å². The summed E-state index contributed by atoms with van der Waals surface area (Å²) >= 11 is 0. The fourth-order valence-electron chi connectivity index (χ4n) is 4.49. The fraction of sp³-hybridized carbons (Fsp3) is 0.550. The Morgan fingerprint density at radius 1 is 1.25 bits per heavy atom. The maximum Gasteiger partial charge on any atom is 0.137 e. The van der Waals surface area contributed by atoms with Gasteiger partial charge in [0.1, 0.15) is 5.78 Å². The lowest BCUT2D eigenvalue weighted by Gasteiger charge is -2.26. The summed E-state index contributed by atoms with van der Waals surface area (Å²) in [5.74, 6) is 1.87. The molecular formula is C20H25N3O. The minimum Gasteiger partial charge on any atom is -0.316 e. The van der Waals surface area contributed by atoms with Crippen LogP contribution in [0.3, 0.4) is 0 Å². The van der Waals surface area contributed by atoms with Crippen molar-refractivity contribution in [3.63, 3.8) is 0 Å². The Kier molecular flexibility index (Phi) is 3.50. The van der Waals surface area contributed by atoms with Crippen molar-refractivity contribution >= 4 is 16.6 Å². The SMILES string of the molecule is Cc1cc2c(C)nccc2c(C(C)(C)CC(=O)C2[C@H]3CNC[C@@H]23)n1. The predicted octanol–water partition coefficient (Wildman–Crippen LogP) is 2.95. The molecule has 4 nitrogen and oxygen atoms in total. The zero-order chi connectivity index (χ0) is 17.1. The molecule has 4 rings (SSSR count). The van der Waals surface area contributed by atoms with Crippen LogP contribution in [0.25, 0.3) is 10.8 Å². The van der Waals surface area contributed by atoms with Crippen LogP contribution in [0.2, 0.25) is 0 Å². The van der Waals surface area contributed by atoms with Gasteiger partial charge in [-0.2, -0.15) is 0 Å². The molecule has 0 amide bonds. The minimum absolute atomic E-state index is 0.264. The molecule has 2 aromatic rings. The molecule has 3 heterocycles. The number of hydrogen-bond donors (Lipinski definition) is 1. The monoisotopic (exact) mass is 323 g/mol. The topological polar surface area (TPSA) is 54.9 Å². The van der Waals surface area contributed by atoms with Gasteiger partial charge in [0.25, 0.3) is 0 Å². The number of aromatic nitrogens is 2. The van der Waals surface area contributed by atoms with E-state index in [0.29, 0.717) is 24.0 Å². The molecule has 0 bridgehead atoms. The van der Waals surface area contributed by atoms with Crippen molar-refractivity contribution in [2.75, 3.05) is 13.1 Å². The van der Waals surface area contributed by atoms with E-state index in [9.17, 15) is 4.79 Å². The van der Waals surface area contributed by atoms with E-state index >= 15 is 0 Å². The largest absolute Gasteiger partial charge is 0.316 e. The van der Waals surface area contributed by atoms with Crippen molar-refractivity contribution in [3.8, 4) is 0 Å². The molecule has 1 aliphatic carbocycles. The minimum atomic E-state index is -0.264. The number of Topliss-reactive ketones (excluding diaryl/α,β-unsaturated/α-hetero) is 1. The van der Waals surface area contributed by atoms with Crippen LogP contribution in [0.5, 0.6) is 0 Å². The molecule has 1 N–H and O–H groups in total. The second-order valence-corrected chi connectivity index (χ2v) is 8.14. The standard InChI is InChI=1S/C20H25N3O/c1-11-7-14-12(2)22-6-5-13(14)19(23-11)20(3,4)8-17(24)18-15-9-21-10-16(15)18/h5-7,15-16,18,21H,8-10H2,1-4H3/t15-,16+,18?. The van der Waals surface area contributed by atoms with Gasteiger partial charge in [0.15, 0.2) is 0 Å². The van der Waals surface area contributed by atoms with E-state index in [-0.39, 0.29) is 11.3 Å². The summed E-state index contributed by atoms with van der Waals surface area (Å²) in [5.41, 5.74) is 2.77. The molecule has 24 heavy (non-hydrogen) atoms. The molecular weight excluding hydrogens is 298 g/mol. The van der Waals surface area contributed by atoms with E-state index in [0.717, 1.165) is 40.9 Å². The highest BCUT2D eigenvalue weighted by Crippen LogP contribution is 2.50. The van der Waals surface area contributed by atoms with Gasteiger partial charge in [-0.1, -0.05) is 13.8 Å². The first-order valence-electron chi connectivity index (χ1n) is 8.85. The Labute approximate surface area is 143 Å². The predicted molar refractivity (Wildman–Crippen MR) is 95.0 cm³/mol. The van der Waals surface area contributed by atoms with E-state index in [1.54, 1.807) is 0 Å². The summed E-state index contributed by atoms with van der Waals surface area (Å²) in [6.45, 7) is 10.4. The number of hydrogen-bond acceptors (Lipinski definition) is 4. The number of fused-ring (bicyclic) bond motifs is 2. The van der Waals surface area contributed by atoms with Crippen LogP contribution in [0.15, 0.2) is 18.3 Å². The molecule has 1 unspecified atom stereocenters. The van der Waals surface area contributed by atoms with Gasteiger partial charge in [0.05, 0.1) is 5.69 Å². The third kappa shape index (κ3) is 2.44. The summed E-state index contributed by atoms with van der Waals surface area (Å²) in [5, 5.41) is 5.64. The Morgan fingerprint density at radius 3 is 2.67 bits per heavy atom. The molecule has 0 spiro atoms. The Bertz CT molecular complexity index is 817. The summed E-state index contributed by atoms with van der Waals surface area (Å²) in [4.78, 5) is 22.1. The van der Waals surface area contributed by atoms with Crippen LogP contribution in [0.4, 0.5) is 0 Å². The molecule has 0 radical (unpaired) electrons. The Hall–Kier alpha value is -1.81. The van der Waals surface area contributed by atoms with E-state index in [1.807, 2.05) is 26.1 Å². The van der Waals surface area contributed by atoms with Crippen LogP contribution in [-0.2, 0) is 10.2 Å². The second-order valence-electron chi connectivity index (χ2n) is 8.14. The third-order valence-electron chi connectivity index (χ3n) is 5.81. The van der Waals surface area contributed by atoms with Gasteiger partial charge in [0.2, 0.25) is 0 Å². The second kappa shape index (κ2) is 5.35. The number of carbonyl (C=O) groups excluding carboxylic acids is 1. The highest BCUT2D eigenvalue weighted by Gasteiger charge is 2.56. The molecule has 0 aromatic carbocycles. The number of rotatable bonds is 4. The molecule has 2 aromatic heterocycles. The fourth-order valence-corrected chi connectivity index (χ4v) is 4.49. The summed E-state index contributed by atoms with van der Waals surface area (Å²) in [6.07, 6.45) is 2.41. The van der Waals surface area contributed by atoms with E-state index in [1.165, 1.54) is 0 Å². The van der Waals surface area contributed by atoms with Gasteiger partial charge >= 0.3 is 0 Å². The zero-order valence-corrected chi connectivity index (χ0v) is 14.9. The summed E-state index contributed by atoms with van der Waals surface area (Å²) in [7, 11) is 0. The summed E-state index contributed by atoms with van der Waals surface area (Å²) < 4.78 is 0. The van der Waals surface area contributed by atoms with Crippen LogP contribution >= 0.6 is 0 Å². The van der Waals surface area contributed by atoms with Crippen molar-refractivity contribution in [2.45, 2.75) is 39.5 Å². The van der Waals surface area contributed by atoms with E-state index in [4.69, 9.17) is 4.98 Å². The molecule has 1 saturated heterocycles. The first-order valence-corrected chi connectivity index (χ1v) is 8.85. The van der Waals surface area contributed by atoms with Gasteiger partial charge < -0.3 is 5.32 Å². The first kappa shape index (κ1) is 15.7. The number of carbonyl (C=O) groups is 1. The van der Waals surface area contributed by atoms with Gasteiger partial charge in [-0.05, 0) is 50.9 Å². The lowest BCUT2D eigenvalue weighted by molar-refractivity contribution is -0.122. The highest BCUT2D eigenvalue weighted by atomic mass is 16.1. The quantitative estimate of drug-likeness (QED) is 0.940. The molecule has 126 valence electrons. The number of piperidine rings is 1. The normalized spacial score (nSPS) is 25.8. The maximum atomic E-state index is 12.8. The lowest BCUT2D eigenvalue weighted by Crippen LogP contribution is -2.27. The van der Waals surface area contributed by atoms with Crippen molar-refractivity contribution in [1.29, 1.82) is 0 Å². The first-order chi connectivity index (χ1) is 11.4. The van der Waals surface area contributed by atoms with E-state index < -0.39 is 0 Å². The zero-order valence-electron chi connectivity index (χ0n) is 14.9. The van der Waals surface area contributed by atoms with Crippen molar-refractivity contribution in [2.24, 2.45) is 17.8 Å². The van der Waals surface area contributed by atoms with Crippen molar-refractivity contribution in [1.82, 2.24) is 15.3 Å². The average Bonchev–Trinajstić information content (AvgIpc) is 3.01. The van der Waals surface area contributed by atoms with Gasteiger partial charge in [-0.3, -0.25) is 14.8 Å². The Morgan fingerprint density at radius 2 is 1.96 bits per heavy atom. The lowest BCUT2D eigenvalue weighted by atomic mass is 9.80. The number of nitrogens with one attached hydrogen (secondary N) is 1. The number of nitrogens with zero attached hydrogens (tertiary/aromatic N) is 2. The average molecular weight is 323 g/mol. The molecule has 2 aliphatic rings. The smallest absolute Gasteiger partial charge is 0.137 e. The Balaban J connectivity index is 1.68. The van der Waals surface area contributed by atoms with Crippen molar-refractivity contribution < 1.29 is 4.79 Å². The highest BCUT2D eigenvalue weighted by molar-refractivity contribution is 5.90. The van der Waals surface area contributed by atoms with Gasteiger partial charge in [-0.15, -0.1) is 0 Å². The van der Waals surface area contributed by atoms with Gasteiger partial charge in [0, 0.05) is 46.1 Å². The molecule has 1 saturated carbocycles. The third-order valence-corrected chi connectivity index (χ3v) is 5.81. The van der Waals surface area contributed by atoms with Crippen LogP contribution in [0, 0.1) is 31.6 Å². The summed E-state index contributed by atoms with van der Waals surface area (Å²) in [6, 6.07) is 4.13. The van der Waals surface area contributed by atoms with Crippen LogP contribution < -0.4 is 5.32 Å². The number of ketones is 1.